The third-order valence-electron chi connectivity index (χ3n) is 5.14. The van der Waals surface area contributed by atoms with Gasteiger partial charge in [0.2, 0.25) is 11.6 Å². The van der Waals surface area contributed by atoms with Crippen molar-refractivity contribution in [2.24, 2.45) is 0 Å². The molecule has 1 fully saturated rings. The van der Waals surface area contributed by atoms with E-state index < -0.39 is 4.92 Å². The molecule has 8 heteroatoms. The van der Waals surface area contributed by atoms with E-state index >= 15 is 0 Å². The number of nitrogens with zero attached hydrogens (tertiary/aromatic N) is 4. The number of nitro groups is 1. The van der Waals surface area contributed by atoms with Gasteiger partial charge in [-0.1, -0.05) is 36.4 Å². The van der Waals surface area contributed by atoms with E-state index in [1.165, 1.54) is 6.33 Å². The van der Waals surface area contributed by atoms with Gasteiger partial charge in [-0.05, 0) is 31.2 Å². The fraction of sp³-hybridized carbons (Fsp3) is 0.333. The predicted octanol–water partition coefficient (Wildman–Crippen LogP) is 4.29. The molecular formula is C21H23N5O3. The molecule has 8 nitrogen and oxygen atoms in total. The van der Waals surface area contributed by atoms with Crippen LogP contribution < -0.4 is 10.2 Å². The molecular weight excluding hydrogens is 370 g/mol. The molecule has 1 saturated heterocycles. The van der Waals surface area contributed by atoms with Crippen LogP contribution in [0.4, 0.5) is 23.0 Å². The summed E-state index contributed by atoms with van der Waals surface area (Å²) >= 11 is 0. The van der Waals surface area contributed by atoms with E-state index in [9.17, 15) is 10.1 Å². The van der Waals surface area contributed by atoms with Gasteiger partial charge in [0.05, 0.1) is 16.7 Å². The highest BCUT2D eigenvalue weighted by Crippen LogP contribution is 2.38. The Kier molecular flexibility index (Phi) is 5.53. The standard InChI is InChI=1S/C21H23N5O3/c1-2-25(18-11-5-8-15-7-3-4-10-17(15)18)21-19(26(27)28)20(23-14-24-21)22-13-16-9-6-12-29-16/h3-5,7-8,10-11,14,16H,2,6,9,12-13H2,1H3,(H,22,23,24). The van der Waals surface area contributed by atoms with Gasteiger partial charge in [0.15, 0.2) is 0 Å². The minimum absolute atomic E-state index is 0.0494. The number of aromatic nitrogens is 2. The smallest absolute Gasteiger partial charge is 0.353 e. The Morgan fingerprint density at radius 1 is 1.24 bits per heavy atom. The van der Waals surface area contributed by atoms with E-state index in [0.29, 0.717) is 13.1 Å². The summed E-state index contributed by atoms with van der Waals surface area (Å²) < 4.78 is 5.61. The molecule has 1 aromatic heterocycles. The number of fused-ring (bicyclic) bond motifs is 1. The number of benzene rings is 2. The van der Waals surface area contributed by atoms with Gasteiger partial charge in [0.25, 0.3) is 0 Å². The van der Waals surface area contributed by atoms with Crippen LogP contribution in [0, 0.1) is 10.1 Å². The van der Waals surface area contributed by atoms with Crippen LogP contribution in [-0.2, 0) is 4.74 Å². The first-order valence-corrected chi connectivity index (χ1v) is 9.79. The van der Waals surface area contributed by atoms with Crippen LogP contribution in [0.15, 0.2) is 48.8 Å². The lowest BCUT2D eigenvalue weighted by Crippen LogP contribution is -2.22. The lowest BCUT2D eigenvalue weighted by atomic mass is 10.1. The molecule has 1 aliphatic heterocycles. The van der Waals surface area contributed by atoms with E-state index in [2.05, 4.69) is 15.3 Å². The molecule has 0 amide bonds. The van der Waals surface area contributed by atoms with Crippen LogP contribution in [0.1, 0.15) is 19.8 Å². The van der Waals surface area contributed by atoms with Gasteiger partial charge in [0.1, 0.15) is 6.33 Å². The van der Waals surface area contributed by atoms with Gasteiger partial charge in [-0.25, -0.2) is 9.97 Å². The summed E-state index contributed by atoms with van der Waals surface area (Å²) in [6.07, 6.45) is 3.37. The van der Waals surface area contributed by atoms with Crippen LogP contribution in [-0.4, -0.2) is 40.7 Å². The third kappa shape index (κ3) is 3.84. The fourth-order valence-corrected chi connectivity index (χ4v) is 3.76. The van der Waals surface area contributed by atoms with Crippen molar-refractivity contribution < 1.29 is 9.66 Å². The molecule has 0 bridgehead atoms. The SMILES string of the molecule is CCN(c1ncnc(NCC2CCCO2)c1[N+](=O)[O-])c1cccc2ccccc12. The van der Waals surface area contributed by atoms with Gasteiger partial charge in [-0.3, -0.25) is 10.1 Å². The first-order chi connectivity index (χ1) is 14.2. The van der Waals surface area contributed by atoms with Crippen LogP contribution in [0.2, 0.25) is 0 Å². The second-order valence-electron chi connectivity index (χ2n) is 6.91. The normalized spacial score (nSPS) is 16.1. The number of ether oxygens (including phenoxy) is 1. The maximum atomic E-state index is 12.0. The zero-order valence-corrected chi connectivity index (χ0v) is 16.2. The zero-order valence-electron chi connectivity index (χ0n) is 16.2. The molecule has 0 saturated carbocycles. The van der Waals surface area contributed by atoms with Crippen molar-refractivity contribution in [3.8, 4) is 0 Å². The molecule has 29 heavy (non-hydrogen) atoms. The summed E-state index contributed by atoms with van der Waals surface area (Å²) in [4.78, 5) is 21.9. The average molecular weight is 393 g/mol. The molecule has 1 aliphatic rings. The van der Waals surface area contributed by atoms with Crippen molar-refractivity contribution in [3.63, 3.8) is 0 Å². The lowest BCUT2D eigenvalue weighted by Gasteiger charge is -2.24. The Balaban J connectivity index is 1.75. The minimum atomic E-state index is -0.416. The van der Waals surface area contributed by atoms with E-state index in [0.717, 1.165) is 35.9 Å². The predicted molar refractivity (Wildman–Crippen MR) is 113 cm³/mol. The number of hydrogen-bond acceptors (Lipinski definition) is 7. The van der Waals surface area contributed by atoms with Crippen molar-refractivity contribution in [1.29, 1.82) is 0 Å². The summed E-state index contributed by atoms with van der Waals surface area (Å²) in [5.41, 5.74) is 0.748. The Bertz CT molecular complexity index is 1010. The van der Waals surface area contributed by atoms with Gasteiger partial charge >= 0.3 is 5.69 Å². The highest BCUT2D eigenvalue weighted by molar-refractivity contribution is 5.96. The second-order valence-corrected chi connectivity index (χ2v) is 6.91. The molecule has 0 aliphatic carbocycles. The largest absolute Gasteiger partial charge is 0.376 e. The molecule has 150 valence electrons. The van der Waals surface area contributed by atoms with Crippen LogP contribution in [0.5, 0.6) is 0 Å². The Labute approximate surface area is 168 Å². The molecule has 0 radical (unpaired) electrons. The Morgan fingerprint density at radius 2 is 2.07 bits per heavy atom. The first kappa shape index (κ1) is 19.1. The average Bonchev–Trinajstić information content (AvgIpc) is 3.26. The maximum absolute atomic E-state index is 12.0. The highest BCUT2D eigenvalue weighted by atomic mass is 16.6. The number of rotatable bonds is 7. The van der Waals surface area contributed by atoms with E-state index in [1.54, 1.807) is 0 Å². The van der Waals surface area contributed by atoms with Gasteiger partial charge in [-0.15, -0.1) is 0 Å². The van der Waals surface area contributed by atoms with E-state index in [-0.39, 0.29) is 23.4 Å². The summed E-state index contributed by atoms with van der Waals surface area (Å²) in [6.45, 7) is 3.69. The van der Waals surface area contributed by atoms with Crippen molar-refractivity contribution in [3.05, 3.63) is 58.9 Å². The molecule has 0 spiro atoms. The summed E-state index contributed by atoms with van der Waals surface area (Å²) in [5, 5.41) is 17.2. The first-order valence-electron chi connectivity index (χ1n) is 9.79. The highest BCUT2D eigenvalue weighted by Gasteiger charge is 2.28. The molecule has 2 aromatic carbocycles. The molecule has 4 rings (SSSR count). The molecule has 1 atom stereocenters. The van der Waals surface area contributed by atoms with Crippen LogP contribution in [0.25, 0.3) is 10.8 Å². The topological polar surface area (TPSA) is 93.4 Å². The molecule has 1 N–H and O–H groups in total. The summed E-state index contributed by atoms with van der Waals surface area (Å²) in [7, 11) is 0. The summed E-state index contributed by atoms with van der Waals surface area (Å²) in [6, 6.07) is 13.9. The Hall–Kier alpha value is -3.26. The Morgan fingerprint density at radius 3 is 2.83 bits per heavy atom. The molecule has 3 aromatic rings. The molecule has 1 unspecified atom stereocenters. The van der Waals surface area contributed by atoms with Crippen molar-refractivity contribution >= 4 is 33.8 Å². The lowest BCUT2D eigenvalue weighted by molar-refractivity contribution is -0.383. The molecule has 2 heterocycles. The van der Waals surface area contributed by atoms with Crippen LogP contribution in [0.3, 0.4) is 0 Å². The fourth-order valence-electron chi connectivity index (χ4n) is 3.76. The van der Waals surface area contributed by atoms with Gasteiger partial charge < -0.3 is 15.0 Å². The van der Waals surface area contributed by atoms with Crippen molar-refractivity contribution in [1.82, 2.24) is 9.97 Å². The maximum Gasteiger partial charge on any atom is 0.353 e. The third-order valence-corrected chi connectivity index (χ3v) is 5.14. The summed E-state index contributed by atoms with van der Waals surface area (Å²) in [5.74, 6) is 0.493. The number of hydrogen-bond donors (Lipinski definition) is 1. The van der Waals surface area contributed by atoms with Gasteiger partial charge in [0, 0.05) is 25.1 Å². The number of nitrogens with one attached hydrogen (secondary N) is 1. The van der Waals surface area contributed by atoms with E-state index in [4.69, 9.17) is 4.74 Å². The van der Waals surface area contributed by atoms with E-state index in [1.807, 2.05) is 54.3 Å². The van der Waals surface area contributed by atoms with Crippen LogP contribution >= 0.6 is 0 Å². The van der Waals surface area contributed by atoms with Gasteiger partial charge in [-0.2, -0.15) is 0 Å². The monoisotopic (exact) mass is 393 g/mol. The van der Waals surface area contributed by atoms with Crippen molar-refractivity contribution in [2.75, 3.05) is 29.9 Å². The quantitative estimate of drug-likeness (QED) is 0.473. The zero-order chi connectivity index (χ0) is 20.2. The van der Waals surface area contributed by atoms with Crippen molar-refractivity contribution in [2.45, 2.75) is 25.9 Å². The second kappa shape index (κ2) is 8.40. The number of anilines is 3. The minimum Gasteiger partial charge on any atom is -0.376 e.